The van der Waals surface area contributed by atoms with Gasteiger partial charge in [-0.2, -0.15) is 4.68 Å². The summed E-state index contributed by atoms with van der Waals surface area (Å²) in [6, 6.07) is 5.20. The van der Waals surface area contributed by atoms with E-state index in [1.165, 1.54) is 18.1 Å². The summed E-state index contributed by atoms with van der Waals surface area (Å²) in [4.78, 5) is 15.5. The number of hydrogen-bond donors (Lipinski definition) is 0. The highest BCUT2D eigenvalue weighted by atomic mass is 79.9. The molecule has 0 saturated carbocycles. The Balaban J connectivity index is 1.90. The molecule has 3 rings (SSSR count). The molecule has 7 nitrogen and oxygen atoms in total. The molecule has 3 aromatic rings. The Bertz CT molecular complexity index is 899. The second-order valence-electron chi connectivity index (χ2n) is 5.15. The van der Waals surface area contributed by atoms with Crippen LogP contribution in [0, 0.1) is 0 Å². The number of aromatic nitrogens is 4. The Morgan fingerprint density at radius 3 is 2.84 bits per heavy atom. The SMILES string of the molecule is COc1cc(-n2cnnn2)c(Cl)cc1C(=O)N(C)Cc1cc(Br)cs1. The number of methoxy groups -OCH3 is 1. The van der Waals surface area contributed by atoms with E-state index in [9.17, 15) is 4.79 Å². The third kappa shape index (κ3) is 3.83. The lowest BCUT2D eigenvalue weighted by molar-refractivity contribution is 0.0783. The molecule has 0 aliphatic carbocycles. The number of hydrogen-bond acceptors (Lipinski definition) is 6. The van der Waals surface area contributed by atoms with Crippen molar-refractivity contribution in [2.75, 3.05) is 14.2 Å². The minimum absolute atomic E-state index is 0.188. The fraction of sp³-hybridized carbons (Fsp3) is 0.200. The lowest BCUT2D eigenvalue weighted by Gasteiger charge is -2.19. The molecular formula is C15H13BrClN5O2S. The number of thiophene rings is 1. The number of carbonyl (C=O) groups excluding carboxylic acids is 1. The van der Waals surface area contributed by atoms with Crippen molar-refractivity contribution in [3.63, 3.8) is 0 Å². The highest BCUT2D eigenvalue weighted by molar-refractivity contribution is 9.10. The number of rotatable bonds is 5. The third-order valence-corrected chi connectivity index (χ3v) is 5.44. The molecule has 0 N–H and O–H groups in total. The molecule has 2 heterocycles. The maximum absolute atomic E-state index is 12.8. The Labute approximate surface area is 161 Å². The van der Waals surface area contributed by atoms with E-state index >= 15 is 0 Å². The molecule has 0 radical (unpaired) electrons. The summed E-state index contributed by atoms with van der Waals surface area (Å²) < 4.78 is 7.78. The molecule has 130 valence electrons. The van der Waals surface area contributed by atoms with Crippen LogP contribution in [-0.4, -0.2) is 45.2 Å². The number of nitrogens with zero attached hydrogens (tertiary/aromatic N) is 5. The van der Waals surface area contributed by atoms with Crippen molar-refractivity contribution in [2.45, 2.75) is 6.54 Å². The minimum Gasteiger partial charge on any atom is -0.496 e. The number of amides is 1. The zero-order valence-electron chi connectivity index (χ0n) is 13.3. The maximum atomic E-state index is 12.8. The Kier molecular flexibility index (Phi) is 5.36. The van der Waals surface area contributed by atoms with Crippen molar-refractivity contribution in [1.29, 1.82) is 0 Å². The molecule has 0 bridgehead atoms. The van der Waals surface area contributed by atoms with E-state index in [-0.39, 0.29) is 5.91 Å². The second kappa shape index (κ2) is 7.51. The molecule has 0 saturated heterocycles. The molecule has 0 atom stereocenters. The smallest absolute Gasteiger partial charge is 0.257 e. The number of halogens is 2. The van der Waals surface area contributed by atoms with Gasteiger partial charge < -0.3 is 9.64 Å². The Morgan fingerprint density at radius 2 is 2.24 bits per heavy atom. The zero-order chi connectivity index (χ0) is 18.0. The number of tetrazole rings is 1. The molecular weight excluding hydrogens is 430 g/mol. The van der Waals surface area contributed by atoms with Gasteiger partial charge in [0.1, 0.15) is 12.1 Å². The maximum Gasteiger partial charge on any atom is 0.257 e. The van der Waals surface area contributed by atoms with E-state index in [0.29, 0.717) is 28.6 Å². The molecule has 10 heteroatoms. The van der Waals surface area contributed by atoms with Gasteiger partial charge in [-0.05, 0) is 38.5 Å². The predicted octanol–water partition coefficient (Wildman–Crippen LogP) is 3.42. The van der Waals surface area contributed by atoms with Crippen LogP contribution < -0.4 is 4.74 Å². The van der Waals surface area contributed by atoms with Gasteiger partial charge in [0.05, 0.1) is 29.9 Å². The average Bonchev–Trinajstić information content (AvgIpc) is 3.25. The van der Waals surface area contributed by atoms with Crippen molar-refractivity contribution >= 4 is 44.8 Å². The van der Waals surface area contributed by atoms with Gasteiger partial charge in [0, 0.05) is 27.8 Å². The summed E-state index contributed by atoms with van der Waals surface area (Å²) in [6.45, 7) is 0.491. The quantitative estimate of drug-likeness (QED) is 0.605. The standard InChI is InChI=1S/C15H13BrClN5O2S/c1-21(6-10-3-9(16)7-25-10)15(23)11-4-12(17)13(5-14(11)24-2)22-8-18-19-20-22/h3-5,7-8H,6H2,1-2H3. The second-order valence-corrected chi connectivity index (χ2v) is 7.47. The van der Waals surface area contributed by atoms with Crippen LogP contribution in [0.25, 0.3) is 5.69 Å². The summed E-state index contributed by atoms with van der Waals surface area (Å²) in [5.74, 6) is 0.214. The normalized spacial score (nSPS) is 10.7. The van der Waals surface area contributed by atoms with Crippen LogP contribution in [0.3, 0.4) is 0 Å². The van der Waals surface area contributed by atoms with E-state index < -0.39 is 0 Å². The van der Waals surface area contributed by atoms with E-state index in [1.54, 1.807) is 35.4 Å². The molecule has 0 spiro atoms. The van der Waals surface area contributed by atoms with Gasteiger partial charge in [-0.15, -0.1) is 16.4 Å². The Morgan fingerprint density at radius 1 is 1.44 bits per heavy atom. The van der Waals surface area contributed by atoms with E-state index in [0.717, 1.165) is 9.35 Å². The molecule has 0 aliphatic heterocycles. The van der Waals surface area contributed by atoms with Crippen LogP contribution in [0.1, 0.15) is 15.2 Å². The van der Waals surface area contributed by atoms with Gasteiger partial charge in [0.15, 0.2) is 0 Å². The highest BCUT2D eigenvalue weighted by Gasteiger charge is 2.20. The van der Waals surface area contributed by atoms with Crippen LogP contribution in [0.4, 0.5) is 0 Å². The number of carbonyl (C=O) groups is 1. The first-order chi connectivity index (χ1) is 12.0. The van der Waals surface area contributed by atoms with Crippen LogP contribution in [-0.2, 0) is 6.54 Å². The van der Waals surface area contributed by atoms with Crippen molar-refractivity contribution in [3.05, 3.63) is 49.8 Å². The van der Waals surface area contributed by atoms with Gasteiger partial charge in [-0.1, -0.05) is 11.6 Å². The van der Waals surface area contributed by atoms with Crippen LogP contribution in [0.2, 0.25) is 5.02 Å². The van der Waals surface area contributed by atoms with Crippen molar-refractivity contribution < 1.29 is 9.53 Å². The summed E-state index contributed by atoms with van der Waals surface area (Å²) in [5, 5.41) is 13.3. The fourth-order valence-corrected chi connectivity index (χ4v) is 4.03. The predicted molar refractivity (Wildman–Crippen MR) is 98.5 cm³/mol. The summed E-state index contributed by atoms with van der Waals surface area (Å²) in [7, 11) is 3.23. The van der Waals surface area contributed by atoms with Crippen molar-refractivity contribution in [1.82, 2.24) is 25.1 Å². The average molecular weight is 443 g/mol. The number of ether oxygens (including phenoxy) is 1. The van der Waals surface area contributed by atoms with Crippen molar-refractivity contribution in [2.24, 2.45) is 0 Å². The van der Waals surface area contributed by atoms with E-state index in [4.69, 9.17) is 16.3 Å². The van der Waals surface area contributed by atoms with Gasteiger partial charge in [-0.3, -0.25) is 4.79 Å². The largest absolute Gasteiger partial charge is 0.496 e. The molecule has 1 amide bonds. The first-order valence-electron chi connectivity index (χ1n) is 7.09. The molecule has 0 unspecified atom stereocenters. The highest BCUT2D eigenvalue weighted by Crippen LogP contribution is 2.30. The molecule has 0 aliphatic rings. The monoisotopic (exact) mass is 441 g/mol. The van der Waals surface area contributed by atoms with Gasteiger partial charge in [0.2, 0.25) is 0 Å². The lowest BCUT2D eigenvalue weighted by atomic mass is 10.1. The van der Waals surface area contributed by atoms with Crippen LogP contribution in [0.15, 0.2) is 34.4 Å². The van der Waals surface area contributed by atoms with Gasteiger partial charge >= 0.3 is 0 Å². The van der Waals surface area contributed by atoms with Gasteiger partial charge in [-0.25, -0.2) is 0 Å². The summed E-state index contributed by atoms with van der Waals surface area (Å²) >= 11 is 11.3. The molecule has 0 fully saturated rings. The summed E-state index contributed by atoms with van der Waals surface area (Å²) in [5.41, 5.74) is 0.910. The fourth-order valence-electron chi connectivity index (χ4n) is 2.27. The Hall–Kier alpha value is -1.97. The molecule has 25 heavy (non-hydrogen) atoms. The van der Waals surface area contributed by atoms with Crippen molar-refractivity contribution in [3.8, 4) is 11.4 Å². The minimum atomic E-state index is -0.188. The first-order valence-corrected chi connectivity index (χ1v) is 9.14. The summed E-state index contributed by atoms with van der Waals surface area (Å²) in [6.07, 6.45) is 1.42. The lowest BCUT2D eigenvalue weighted by Crippen LogP contribution is -2.26. The number of benzene rings is 1. The van der Waals surface area contributed by atoms with Crippen LogP contribution >= 0.6 is 38.9 Å². The topological polar surface area (TPSA) is 73.1 Å². The molecule has 2 aromatic heterocycles. The zero-order valence-corrected chi connectivity index (χ0v) is 16.5. The first kappa shape index (κ1) is 17.8. The van der Waals surface area contributed by atoms with Crippen LogP contribution in [0.5, 0.6) is 5.75 Å². The van der Waals surface area contributed by atoms with Gasteiger partial charge in [0.25, 0.3) is 5.91 Å². The van der Waals surface area contributed by atoms with E-state index in [1.807, 2.05) is 11.4 Å². The third-order valence-electron chi connectivity index (χ3n) is 3.46. The van der Waals surface area contributed by atoms with E-state index in [2.05, 4.69) is 31.5 Å². The molecule has 1 aromatic carbocycles.